The van der Waals surface area contributed by atoms with Gasteiger partial charge in [-0.25, -0.2) is 0 Å². The van der Waals surface area contributed by atoms with E-state index in [1.54, 1.807) is 6.07 Å². The molecule has 0 fully saturated rings. The predicted molar refractivity (Wildman–Crippen MR) is 74.7 cm³/mol. The molecule has 0 unspecified atom stereocenters. The highest BCUT2D eigenvalue weighted by Gasteiger charge is 2.02. The van der Waals surface area contributed by atoms with Crippen molar-refractivity contribution in [1.29, 1.82) is 0 Å². The van der Waals surface area contributed by atoms with Gasteiger partial charge in [-0.1, -0.05) is 47.5 Å². The zero-order valence-electron chi connectivity index (χ0n) is 9.29. The smallest absolute Gasteiger partial charge is 0.0426 e. The summed E-state index contributed by atoms with van der Waals surface area (Å²) in [6.07, 6.45) is 0.877. The van der Waals surface area contributed by atoms with E-state index >= 15 is 0 Å². The predicted octanol–water partition coefficient (Wildman–Crippen LogP) is 4.16. The van der Waals surface area contributed by atoms with E-state index in [0.717, 1.165) is 17.5 Å². The second-order valence-electron chi connectivity index (χ2n) is 3.90. The minimum absolute atomic E-state index is 0.650. The summed E-state index contributed by atoms with van der Waals surface area (Å²) < 4.78 is 0. The Hall–Kier alpha value is -1.02. The van der Waals surface area contributed by atoms with Crippen LogP contribution in [-0.4, -0.2) is 6.54 Å². The summed E-state index contributed by atoms with van der Waals surface area (Å²) in [6.45, 7) is 0.653. The number of rotatable bonds is 3. The van der Waals surface area contributed by atoms with Crippen molar-refractivity contribution < 1.29 is 0 Å². The molecule has 17 heavy (non-hydrogen) atoms. The third-order valence-corrected chi connectivity index (χ3v) is 2.99. The summed E-state index contributed by atoms with van der Waals surface area (Å²) in [4.78, 5) is 0. The average Bonchev–Trinajstić information content (AvgIpc) is 2.28. The standard InChI is InChI=1S/C14H13Cl2N/c15-13-7-12(8-14(16)9-13)11-3-1-2-10(6-11)4-5-17/h1-3,6-9H,4-5,17H2. The van der Waals surface area contributed by atoms with Crippen LogP contribution in [0.1, 0.15) is 5.56 Å². The molecule has 0 saturated carbocycles. The van der Waals surface area contributed by atoms with E-state index in [9.17, 15) is 0 Å². The van der Waals surface area contributed by atoms with E-state index in [1.807, 2.05) is 24.3 Å². The number of hydrogen-bond donors (Lipinski definition) is 1. The minimum Gasteiger partial charge on any atom is -0.330 e. The van der Waals surface area contributed by atoms with Crippen molar-refractivity contribution in [2.24, 2.45) is 5.73 Å². The summed E-state index contributed by atoms with van der Waals surface area (Å²) in [5.74, 6) is 0. The maximum atomic E-state index is 6.00. The molecule has 2 rings (SSSR count). The first-order chi connectivity index (χ1) is 8.19. The van der Waals surface area contributed by atoms with Crippen molar-refractivity contribution in [3.63, 3.8) is 0 Å². The van der Waals surface area contributed by atoms with Gasteiger partial charge in [0.1, 0.15) is 0 Å². The van der Waals surface area contributed by atoms with Crippen LogP contribution < -0.4 is 5.73 Å². The van der Waals surface area contributed by atoms with Crippen LogP contribution in [0.15, 0.2) is 42.5 Å². The molecule has 2 aromatic rings. The van der Waals surface area contributed by atoms with E-state index in [4.69, 9.17) is 28.9 Å². The van der Waals surface area contributed by atoms with Crippen LogP contribution in [0.5, 0.6) is 0 Å². The van der Waals surface area contributed by atoms with Gasteiger partial charge in [0.2, 0.25) is 0 Å². The minimum atomic E-state index is 0.650. The van der Waals surface area contributed by atoms with E-state index in [0.29, 0.717) is 16.6 Å². The number of benzene rings is 2. The summed E-state index contributed by atoms with van der Waals surface area (Å²) >= 11 is 12.0. The summed E-state index contributed by atoms with van der Waals surface area (Å²) in [6, 6.07) is 13.8. The second kappa shape index (κ2) is 5.54. The molecule has 0 bridgehead atoms. The van der Waals surface area contributed by atoms with Crippen LogP contribution in [0.3, 0.4) is 0 Å². The Bertz CT molecular complexity index is 503. The molecular formula is C14H13Cl2N. The molecule has 0 aliphatic heterocycles. The molecule has 0 aromatic heterocycles. The molecule has 88 valence electrons. The second-order valence-corrected chi connectivity index (χ2v) is 4.77. The number of nitrogens with two attached hydrogens (primary N) is 1. The zero-order valence-corrected chi connectivity index (χ0v) is 10.8. The molecule has 1 nitrogen and oxygen atoms in total. The van der Waals surface area contributed by atoms with E-state index in [1.165, 1.54) is 5.56 Å². The van der Waals surface area contributed by atoms with Crippen molar-refractivity contribution in [3.05, 3.63) is 58.1 Å². The van der Waals surface area contributed by atoms with Gasteiger partial charge in [-0.3, -0.25) is 0 Å². The number of hydrogen-bond acceptors (Lipinski definition) is 1. The van der Waals surface area contributed by atoms with Crippen LogP contribution >= 0.6 is 23.2 Å². The topological polar surface area (TPSA) is 26.0 Å². The highest BCUT2D eigenvalue weighted by atomic mass is 35.5. The molecule has 0 aliphatic rings. The first kappa shape index (κ1) is 12.4. The fourth-order valence-electron chi connectivity index (χ4n) is 1.79. The third kappa shape index (κ3) is 3.22. The first-order valence-corrected chi connectivity index (χ1v) is 6.20. The van der Waals surface area contributed by atoms with Crippen molar-refractivity contribution in [2.45, 2.75) is 6.42 Å². The Morgan fingerprint density at radius 2 is 1.59 bits per heavy atom. The maximum absolute atomic E-state index is 6.00. The molecule has 0 saturated heterocycles. The van der Waals surface area contributed by atoms with Crippen LogP contribution in [0, 0.1) is 0 Å². The Kier molecular flexibility index (Phi) is 4.06. The van der Waals surface area contributed by atoms with Gasteiger partial charge in [-0.2, -0.15) is 0 Å². The Morgan fingerprint density at radius 1 is 0.882 bits per heavy atom. The molecule has 0 aliphatic carbocycles. The highest BCUT2D eigenvalue weighted by Crippen LogP contribution is 2.27. The van der Waals surface area contributed by atoms with E-state index < -0.39 is 0 Å². The van der Waals surface area contributed by atoms with E-state index in [-0.39, 0.29) is 0 Å². The molecular weight excluding hydrogens is 253 g/mol. The maximum Gasteiger partial charge on any atom is 0.0426 e. The quantitative estimate of drug-likeness (QED) is 0.886. The van der Waals surface area contributed by atoms with Crippen LogP contribution in [0.4, 0.5) is 0 Å². The summed E-state index contributed by atoms with van der Waals surface area (Å²) in [7, 11) is 0. The lowest BCUT2D eigenvalue weighted by Crippen LogP contribution is -2.02. The Labute approximate surface area is 111 Å². The van der Waals surface area contributed by atoms with E-state index in [2.05, 4.69) is 12.1 Å². The molecule has 0 amide bonds. The highest BCUT2D eigenvalue weighted by molar-refractivity contribution is 6.35. The van der Waals surface area contributed by atoms with Crippen LogP contribution in [0.25, 0.3) is 11.1 Å². The van der Waals surface area contributed by atoms with Gasteiger partial charge in [0.15, 0.2) is 0 Å². The van der Waals surface area contributed by atoms with Gasteiger partial charge in [-0.05, 0) is 47.9 Å². The first-order valence-electron chi connectivity index (χ1n) is 5.44. The lowest BCUT2D eigenvalue weighted by atomic mass is 10.0. The van der Waals surface area contributed by atoms with Crippen molar-refractivity contribution in [2.75, 3.05) is 6.54 Å². The zero-order chi connectivity index (χ0) is 12.3. The van der Waals surface area contributed by atoms with Gasteiger partial charge >= 0.3 is 0 Å². The van der Waals surface area contributed by atoms with Crippen molar-refractivity contribution >= 4 is 23.2 Å². The lowest BCUT2D eigenvalue weighted by molar-refractivity contribution is 0.969. The van der Waals surface area contributed by atoms with Gasteiger partial charge < -0.3 is 5.73 Å². The molecule has 2 aromatic carbocycles. The van der Waals surface area contributed by atoms with Gasteiger partial charge in [-0.15, -0.1) is 0 Å². The molecule has 0 heterocycles. The SMILES string of the molecule is NCCc1cccc(-c2cc(Cl)cc(Cl)c2)c1. The molecule has 2 N–H and O–H groups in total. The molecule has 0 spiro atoms. The third-order valence-electron chi connectivity index (χ3n) is 2.56. The largest absolute Gasteiger partial charge is 0.330 e. The van der Waals surface area contributed by atoms with Crippen molar-refractivity contribution in [1.82, 2.24) is 0 Å². The fraction of sp³-hybridized carbons (Fsp3) is 0.143. The summed E-state index contributed by atoms with van der Waals surface area (Å²) in [5.41, 5.74) is 8.92. The Morgan fingerprint density at radius 3 is 2.24 bits per heavy atom. The summed E-state index contributed by atoms with van der Waals surface area (Å²) in [5, 5.41) is 1.30. The normalized spacial score (nSPS) is 10.5. The van der Waals surface area contributed by atoms with Crippen LogP contribution in [0.2, 0.25) is 10.0 Å². The van der Waals surface area contributed by atoms with Gasteiger partial charge in [0.25, 0.3) is 0 Å². The monoisotopic (exact) mass is 265 g/mol. The molecule has 3 heteroatoms. The van der Waals surface area contributed by atoms with Crippen molar-refractivity contribution in [3.8, 4) is 11.1 Å². The molecule has 0 atom stereocenters. The average molecular weight is 266 g/mol. The number of halogens is 2. The molecule has 0 radical (unpaired) electrons. The lowest BCUT2D eigenvalue weighted by Gasteiger charge is -2.06. The fourth-order valence-corrected chi connectivity index (χ4v) is 2.32. The van der Waals surface area contributed by atoms with Gasteiger partial charge in [0.05, 0.1) is 0 Å². The van der Waals surface area contributed by atoms with Crippen LogP contribution in [-0.2, 0) is 6.42 Å². The Balaban J connectivity index is 2.41. The van der Waals surface area contributed by atoms with Gasteiger partial charge in [0, 0.05) is 10.0 Å².